The van der Waals surface area contributed by atoms with Crippen LogP contribution in [0.2, 0.25) is 5.15 Å². The summed E-state index contributed by atoms with van der Waals surface area (Å²) in [5.41, 5.74) is 2.72. The van der Waals surface area contributed by atoms with Crippen molar-refractivity contribution >= 4 is 34.5 Å². The number of thiophene rings is 1. The zero-order valence-corrected chi connectivity index (χ0v) is 11.9. The van der Waals surface area contributed by atoms with E-state index in [9.17, 15) is 4.79 Å². The molecule has 0 aliphatic rings. The minimum Gasteiger partial charge on any atom is -0.320 e. The standard InChI is InChI=1S/C13H13ClN2OS/c1-7-4-11(18-9(7)3)13(17)16-10-6-15-12(14)5-8(10)2/h4-6H,1-3H3,(H,16,17). The molecule has 2 aromatic heterocycles. The van der Waals surface area contributed by atoms with Crippen LogP contribution in [0.3, 0.4) is 0 Å². The number of nitrogens with zero attached hydrogens (tertiary/aromatic N) is 1. The van der Waals surface area contributed by atoms with Crippen molar-refractivity contribution in [1.29, 1.82) is 0 Å². The number of pyridine rings is 1. The number of aromatic nitrogens is 1. The lowest BCUT2D eigenvalue weighted by Gasteiger charge is -2.06. The molecule has 2 heterocycles. The summed E-state index contributed by atoms with van der Waals surface area (Å²) in [5.74, 6) is -0.108. The topological polar surface area (TPSA) is 42.0 Å². The molecule has 0 fully saturated rings. The summed E-state index contributed by atoms with van der Waals surface area (Å²) in [6, 6.07) is 3.62. The summed E-state index contributed by atoms with van der Waals surface area (Å²) >= 11 is 7.27. The summed E-state index contributed by atoms with van der Waals surface area (Å²) < 4.78 is 0. The zero-order chi connectivity index (χ0) is 13.3. The minimum absolute atomic E-state index is 0.108. The van der Waals surface area contributed by atoms with E-state index in [1.165, 1.54) is 11.3 Å². The van der Waals surface area contributed by atoms with Gasteiger partial charge in [-0.05, 0) is 44.0 Å². The number of carbonyl (C=O) groups is 1. The van der Waals surface area contributed by atoms with Crippen molar-refractivity contribution in [3.63, 3.8) is 0 Å². The molecule has 0 saturated heterocycles. The van der Waals surface area contributed by atoms with E-state index in [0.29, 0.717) is 15.7 Å². The van der Waals surface area contributed by atoms with Gasteiger partial charge in [0.1, 0.15) is 5.15 Å². The second-order valence-corrected chi connectivity index (χ2v) is 5.77. The molecule has 0 bridgehead atoms. The molecule has 0 aliphatic heterocycles. The fourth-order valence-corrected chi connectivity index (χ4v) is 2.66. The smallest absolute Gasteiger partial charge is 0.265 e. The normalized spacial score (nSPS) is 10.4. The van der Waals surface area contributed by atoms with Gasteiger partial charge >= 0.3 is 0 Å². The molecule has 18 heavy (non-hydrogen) atoms. The summed E-state index contributed by atoms with van der Waals surface area (Å²) in [6.45, 7) is 5.89. The van der Waals surface area contributed by atoms with Crippen LogP contribution in [-0.2, 0) is 0 Å². The van der Waals surface area contributed by atoms with E-state index in [1.54, 1.807) is 12.3 Å². The first kappa shape index (κ1) is 13.1. The van der Waals surface area contributed by atoms with Crippen LogP contribution in [0.1, 0.15) is 25.7 Å². The van der Waals surface area contributed by atoms with Gasteiger partial charge in [0.2, 0.25) is 0 Å². The molecule has 0 radical (unpaired) electrons. The second-order valence-electron chi connectivity index (χ2n) is 4.13. The van der Waals surface area contributed by atoms with Gasteiger partial charge in [-0.1, -0.05) is 11.6 Å². The van der Waals surface area contributed by atoms with E-state index in [-0.39, 0.29) is 5.91 Å². The summed E-state index contributed by atoms with van der Waals surface area (Å²) in [4.78, 5) is 17.9. The molecule has 0 saturated carbocycles. The monoisotopic (exact) mass is 280 g/mol. The average molecular weight is 281 g/mol. The summed E-state index contributed by atoms with van der Waals surface area (Å²) in [5, 5.41) is 3.27. The van der Waals surface area contributed by atoms with Gasteiger partial charge in [-0.2, -0.15) is 0 Å². The Morgan fingerprint density at radius 2 is 2.00 bits per heavy atom. The maximum atomic E-state index is 12.1. The highest BCUT2D eigenvalue weighted by Crippen LogP contribution is 2.23. The zero-order valence-electron chi connectivity index (χ0n) is 10.4. The Morgan fingerprint density at radius 1 is 1.28 bits per heavy atom. The van der Waals surface area contributed by atoms with Crippen molar-refractivity contribution in [3.8, 4) is 0 Å². The lowest BCUT2D eigenvalue weighted by molar-refractivity contribution is 0.103. The number of amides is 1. The highest BCUT2D eigenvalue weighted by atomic mass is 35.5. The van der Waals surface area contributed by atoms with Crippen molar-refractivity contribution in [3.05, 3.63) is 44.4 Å². The molecule has 0 aromatic carbocycles. The van der Waals surface area contributed by atoms with Gasteiger partial charge in [0, 0.05) is 4.88 Å². The number of halogens is 1. The van der Waals surface area contributed by atoms with E-state index in [4.69, 9.17) is 11.6 Å². The van der Waals surface area contributed by atoms with Crippen molar-refractivity contribution in [2.45, 2.75) is 20.8 Å². The molecule has 3 nitrogen and oxygen atoms in total. The van der Waals surface area contributed by atoms with E-state index >= 15 is 0 Å². The number of aryl methyl sites for hydroxylation is 3. The van der Waals surface area contributed by atoms with Gasteiger partial charge in [0.25, 0.3) is 5.91 Å². The van der Waals surface area contributed by atoms with Gasteiger partial charge in [-0.15, -0.1) is 11.3 Å². The van der Waals surface area contributed by atoms with Crippen molar-refractivity contribution in [2.24, 2.45) is 0 Å². The SMILES string of the molecule is Cc1cc(Cl)ncc1NC(=O)c1cc(C)c(C)s1. The Balaban J connectivity index is 2.21. The molecule has 0 atom stereocenters. The fraction of sp³-hybridized carbons (Fsp3) is 0.231. The van der Waals surface area contributed by atoms with Crippen LogP contribution >= 0.6 is 22.9 Å². The minimum atomic E-state index is -0.108. The van der Waals surface area contributed by atoms with Crippen LogP contribution in [0.25, 0.3) is 0 Å². The Labute approximate surface area is 115 Å². The quantitative estimate of drug-likeness (QED) is 0.846. The number of anilines is 1. The summed E-state index contributed by atoms with van der Waals surface area (Å²) in [6.07, 6.45) is 1.57. The van der Waals surface area contributed by atoms with Crippen LogP contribution in [0.5, 0.6) is 0 Å². The van der Waals surface area contributed by atoms with Crippen LogP contribution < -0.4 is 5.32 Å². The van der Waals surface area contributed by atoms with Gasteiger partial charge in [-0.25, -0.2) is 4.98 Å². The Morgan fingerprint density at radius 3 is 2.56 bits per heavy atom. The molecule has 1 amide bonds. The van der Waals surface area contributed by atoms with E-state index < -0.39 is 0 Å². The number of nitrogens with one attached hydrogen (secondary N) is 1. The third-order valence-corrected chi connectivity index (χ3v) is 4.07. The van der Waals surface area contributed by atoms with Crippen LogP contribution in [-0.4, -0.2) is 10.9 Å². The van der Waals surface area contributed by atoms with E-state index in [1.807, 2.05) is 26.8 Å². The number of hydrogen-bond acceptors (Lipinski definition) is 3. The van der Waals surface area contributed by atoms with Crippen molar-refractivity contribution in [1.82, 2.24) is 4.98 Å². The van der Waals surface area contributed by atoms with Gasteiger partial charge < -0.3 is 5.32 Å². The Hall–Kier alpha value is -1.39. The van der Waals surface area contributed by atoms with Crippen LogP contribution in [0.15, 0.2) is 18.3 Å². The average Bonchev–Trinajstić information content (AvgIpc) is 2.63. The number of carbonyl (C=O) groups excluding carboxylic acids is 1. The van der Waals surface area contributed by atoms with Crippen molar-refractivity contribution < 1.29 is 4.79 Å². The number of hydrogen-bond donors (Lipinski definition) is 1. The molecule has 94 valence electrons. The third-order valence-electron chi connectivity index (χ3n) is 2.72. The predicted molar refractivity (Wildman–Crippen MR) is 75.7 cm³/mol. The molecular formula is C13H13ClN2OS. The third kappa shape index (κ3) is 2.71. The van der Waals surface area contributed by atoms with E-state index in [2.05, 4.69) is 10.3 Å². The highest BCUT2D eigenvalue weighted by molar-refractivity contribution is 7.14. The molecule has 5 heteroatoms. The maximum Gasteiger partial charge on any atom is 0.265 e. The molecule has 2 aromatic rings. The van der Waals surface area contributed by atoms with Gasteiger partial charge in [-0.3, -0.25) is 4.79 Å². The molecule has 0 aliphatic carbocycles. The van der Waals surface area contributed by atoms with Gasteiger partial charge in [0.05, 0.1) is 16.8 Å². The van der Waals surface area contributed by atoms with Gasteiger partial charge in [0.15, 0.2) is 0 Å². The van der Waals surface area contributed by atoms with Crippen LogP contribution in [0.4, 0.5) is 5.69 Å². The summed E-state index contributed by atoms with van der Waals surface area (Å²) in [7, 11) is 0. The number of rotatable bonds is 2. The molecular weight excluding hydrogens is 268 g/mol. The van der Waals surface area contributed by atoms with Crippen molar-refractivity contribution in [2.75, 3.05) is 5.32 Å². The Kier molecular flexibility index (Phi) is 3.68. The first-order chi connectivity index (χ1) is 8.47. The first-order valence-electron chi connectivity index (χ1n) is 5.48. The fourth-order valence-electron chi connectivity index (χ4n) is 1.52. The van der Waals surface area contributed by atoms with E-state index in [0.717, 1.165) is 16.0 Å². The lowest BCUT2D eigenvalue weighted by Crippen LogP contribution is -2.11. The first-order valence-corrected chi connectivity index (χ1v) is 6.67. The maximum absolute atomic E-state index is 12.1. The molecule has 0 spiro atoms. The Bertz CT molecular complexity index is 588. The second kappa shape index (κ2) is 5.08. The largest absolute Gasteiger partial charge is 0.320 e. The molecule has 0 unspecified atom stereocenters. The predicted octanol–water partition coefficient (Wildman–Crippen LogP) is 3.97. The lowest BCUT2D eigenvalue weighted by atomic mass is 10.2. The highest BCUT2D eigenvalue weighted by Gasteiger charge is 2.12. The molecule has 2 rings (SSSR count). The van der Waals surface area contributed by atoms with Crippen LogP contribution in [0, 0.1) is 20.8 Å². The molecule has 1 N–H and O–H groups in total.